The van der Waals surface area contributed by atoms with Crippen LogP contribution >= 0.6 is 11.8 Å². The van der Waals surface area contributed by atoms with Gasteiger partial charge in [-0.2, -0.15) is 0 Å². The zero-order chi connectivity index (χ0) is 20.7. The molecule has 0 saturated heterocycles. The van der Waals surface area contributed by atoms with Crippen LogP contribution in [-0.4, -0.2) is 37.3 Å². The molecule has 29 heavy (non-hydrogen) atoms. The Morgan fingerprint density at radius 1 is 1.14 bits per heavy atom. The first-order chi connectivity index (χ1) is 13.9. The van der Waals surface area contributed by atoms with Crippen molar-refractivity contribution >= 4 is 34.4 Å². The minimum absolute atomic E-state index is 0.0357. The average Bonchev–Trinajstić information content (AvgIpc) is 3.18. The second-order valence-corrected chi connectivity index (χ2v) is 7.88. The van der Waals surface area contributed by atoms with Crippen LogP contribution in [0.15, 0.2) is 38.9 Å². The number of hydrogen-bond donors (Lipinski definition) is 0. The Labute approximate surface area is 171 Å². The molecular weight excluding hydrogens is 390 g/mol. The van der Waals surface area contributed by atoms with E-state index in [1.54, 1.807) is 11.9 Å². The molecule has 0 spiro atoms. The predicted octanol–water partition coefficient (Wildman–Crippen LogP) is 1.27. The first kappa shape index (κ1) is 19.4. The van der Waals surface area contributed by atoms with Crippen molar-refractivity contribution < 1.29 is 4.79 Å². The van der Waals surface area contributed by atoms with Crippen LogP contribution in [0.1, 0.15) is 18.3 Å². The van der Waals surface area contributed by atoms with Gasteiger partial charge in [-0.25, -0.2) is 14.8 Å². The number of para-hydroxylation sites is 1. The molecule has 3 aromatic rings. The monoisotopic (exact) mass is 411 g/mol. The largest absolute Gasteiger partial charge is 0.332 e. The van der Waals surface area contributed by atoms with Crippen LogP contribution in [0.25, 0.3) is 11.0 Å². The molecule has 0 fully saturated rings. The molecule has 4 rings (SSSR count). The second-order valence-electron chi connectivity index (χ2n) is 6.92. The first-order valence-electron chi connectivity index (χ1n) is 9.40. The lowest BCUT2D eigenvalue weighted by molar-refractivity contribution is -0.116. The van der Waals surface area contributed by atoms with Crippen molar-refractivity contribution in [3.8, 4) is 0 Å². The van der Waals surface area contributed by atoms with Crippen molar-refractivity contribution in [2.24, 2.45) is 14.1 Å². The van der Waals surface area contributed by atoms with Gasteiger partial charge in [-0.15, -0.1) is 0 Å². The van der Waals surface area contributed by atoms with E-state index >= 15 is 0 Å². The van der Waals surface area contributed by atoms with Crippen molar-refractivity contribution in [3.63, 3.8) is 0 Å². The van der Waals surface area contributed by atoms with Crippen LogP contribution in [0.2, 0.25) is 0 Å². The molecule has 1 aliphatic rings. The van der Waals surface area contributed by atoms with Gasteiger partial charge >= 0.3 is 5.69 Å². The Morgan fingerprint density at radius 3 is 2.66 bits per heavy atom. The number of amides is 1. The molecule has 0 bridgehead atoms. The van der Waals surface area contributed by atoms with E-state index < -0.39 is 11.2 Å². The van der Waals surface area contributed by atoms with Crippen LogP contribution < -0.4 is 16.1 Å². The van der Waals surface area contributed by atoms with Crippen LogP contribution in [0.5, 0.6) is 0 Å². The van der Waals surface area contributed by atoms with Gasteiger partial charge in [0.05, 0.1) is 5.75 Å². The number of aromatic nitrogens is 4. The fourth-order valence-corrected chi connectivity index (χ4v) is 4.45. The maximum absolute atomic E-state index is 12.9. The molecule has 0 saturated carbocycles. The smallest absolute Gasteiger partial charge is 0.311 e. The van der Waals surface area contributed by atoms with Gasteiger partial charge < -0.3 is 4.90 Å². The van der Waals surface area contributed by atoms with Crippen LogP contribution in [0.4, 0.5) is 5.69 Å². The van der Waals surface area contributed by atoms with Gasteiger partial charge in [0.15, 0.2) is 5.65 Å². The number of aryl methyl sites for hydroxylation is 2. The normalized spacial score (nSPS) is 13.1. The summed E-state index contributed by atoms with van der Waals surface area (Å²) in [6, 6.07) is 7.88. The maximum Gasteiger partial charge on any atom is 0.332 e. The topological polar surface area (TPSA) is 90.1 Å². The Balaban J connectivity index is 1.70. The highest BCUT2D eigenvalue weighted by molar-refractivity contribution is 8.00. The van der Waals surface area contributed by atoms with E-state index in [-0.39, 0.29) is 17.0 Å². The van der Waals surface area contributed by atoms with Gasteiger partial charge in [0.2, 0.25) is 5.91 Å². The van der Waals surface area contributed by atoms with E-state index in [2.05, 4.69) is 9.97 Å². The number of thioether (sulfide) groups is 1. The minimum Gasteiger partial charge on any atom is -0.311 e. The molecule has 8 nitrogen and oxygen atoms in total. The van der Waals surface area contributed by atoms with E-state index in [9.17, 15) is 14.4 Å². The summed E-state index contributed by atoms with van der Waals surface area (Å²) in [5.74, 6) is 0.643. The number of anilines is 1. The van der Waals surface area contributed by atoms with Gasteiger partial charge in [-0.1, -0.05) is 36.9 Å². The number of fused-ring (bicyclic) bond motifs is 2. The Bertz CT molecular complexity index is 1250. The summed E-state index contributed by atoms with van der Waals surface area (Å²) in [7, 11) is 3.01. The Hall–Kier alpha value is -2.94. The highest BCUT2D eigenvalue weighted by Gasteiger charge is 2.25. The van der Waals surface area contributed by atoms with E-state index in [1.165, 1.54) is 23.4 Å². The van der Waals surface area contributed by atoms with Crippen molar-refractivity contribution in [1.29, 1.82) is 0 Å². The lowest BCUT2D eigenvalue weighted by atomic mass is 10.2. The van der Waals surface area contributed by atoms with Gasteiger partial charge in [0.1, 0.15) is 16.2 Å². The summed E-state index contributed by atoms with van der Waals surface area (Å²) in [5.41, 5.74) is 1.51. The SMILES string of the molecule is CCc1nc(SCC(=O)N2CCc3ccccc32)c2c(=O)n(C)c(=O)n(C)c2n1. The molecule has 1 aromatic carbocycles. The summed E-state index contributed by atoms with van der Waals surface area (Å²) in [6.45, 7) is 2.56. The predicted molar refractivity (Wildman–Crippen MR) is 113 cm³/mol. The van der Waals surface area contributed by atoms with Crippen molar-refractivity contribution in [3.05, 3.63) is 56.5 Å². The Morgan fingerprint density at radius 2 is 1.90 bits per heavy atom. The molecular formula is C20H21N5O3S. The quantitative estimate of drug-likeness (QED) is 0.474. The molecule has 1 amide bonds. The summed E-state index contributed by atoms with van der Waals surface area (Å²) in [6.07, 6.45) is 1.39. The lowest BCUT2D eigenvalue weighted by Gasteiger charge is -2.17. The fourth-order valence-electron chi connectivity index (χ4n) is 3.54. The number of hydrogen-bond acceptors (Lipinski definition) is 6. The second kappa shape index (κ2) is 7.47. The minimum atomic E-state index is -0.452. The molecule has 1 aliphatic heterocycles. The molecule has 9 heteroatoms. The summed E-state index contributed by atoms with van der Waals surface area (Å²) >= 11 is 1.22. The zero-order valence-electron chi connectivity index (χ0n) is 16.5. The van der Waals surface area contributed by atoms with E-state index in [1.807, 2.05) is 31.2 Å². The van der Waals surface area contributed by atoms with Gasteiger partial charge in [-0.05, 0) is 18.1 Å². The van der Waals surface area contributed by atoms with Crippen molar-refractivity contribution in [1.82, 2.24) is 19.1 Å². The molecule has 0 N–H and O–H groups in total. The average molecular weight is 411 g/mol. The zero-order valence-corrected chi connectivity index (χ0v) is 17.3. The van der Waals surface area contributed by atoms with Crippen LogP contribution in [0, 0.1) is 0 Å². The van der Waals surface area contributed by atoms with E-state index in [4.69, 9.17) is 0 Å². The number of nitrogens with zero attached hydrogens (tertiary/aromatic N) is 5. The Kier molecular flexibility index (Phi) is 4.99. The van der Waals surface area contributed by atoms with Gasteiger partial charge in [-0.3, -0.25) is 18.7 Å². The maximum atomic E-state index is 12.9. The fraction of sp³-hybridized carbons (Fsp3) is 0.350. The summed E-state index contributed by atoms with van der Waals surface area (Å²) < 4.78 is 2.39. The summed E-state index contributed by atoms with van der Waals surface area (Å²) in [4.78, 5) is 48.5. The van der Waals surface area contributed by atoms with Gasteiger partial charge in [0.25, 0.3) is 5.56 Å². The molecule has 0 atom stereocenters. The van der Waals surface area contributed by atoms with E-state index in [0.29, 0.717) is 29.5 Å². The molecule has 0 aliphatic carbocycles. The number of carbonyl (C=O) groups is 1. The number of carbonyl (C=O) groups excluding carboxylic acids is 1. The highest BCUT2D eigenvalue weighted by atomic mass is 32.2. The van der Waals surface area contributed by atoms with Crippen molar-refractivity contribution in [2.45, 2.75) is 24.8 Å². The summed E-state index contributed by atoms with van der Waals surface area (Å²) in [5, 5.41) is 0.704. The molecule has 0 unspecified atom stereocenters. The molecule has 2 aromatic heterocycles. The third-order valence-corrected chi connectivity index (χ3v) is 6.11. The third-order valence-electron chi connectivity index (χ3n) is 5.15. The molecule has 0 radical (unpaired) electrons. The van der Waals surface area contributed by atoms with Crippen LogP contribution in [0.3, 0.4) is 0 Å². The lowest BCUT2D eigenvalue weighted by Crippen LogP contribution is -2.38. The molecule has 150 valence electrons. The number of rotatable bonds is 4. The standard InChI is InChI=1S/C20H21N5O3S/c1-4-14-21-17-16(19(27)24(3)20(28)23(17)2)18(22-14)29-11-15(26)25-10-9-12-7-5-6-8-13(12)25/h5-8H,4,9-11H2,1-3H3. The number of benzene rings is 1. The first-order valence-corrected chi connectivity index (χ1v) is 10.4. The van der Waals surface area contributed by atoms with Crippen molar-refractivity contribution in [2.75, 3.05) is 17.2 Å². The van der Waals surface area contributed by atoms with Gasteiger partial charge in [0, 0.05) is 32.7 Å². The highest BCUT2D eigenvalue weighted by Crippen LogP contribution is 2.29. The third kappa shape index (κ3) is 3.25. The van der Waals surface area contributed by atoms with Crippen LogP contribution in [-0.2, 0) is 31.7 Å². The van der Waals surface area contributed by atoms with E-state index in [0.717, 1.165) is 22.2 Å². The molecule has 3 heterocycles.